The fourth-order valence-corrected chi connectivity index (χ4v) is 3.02. The number of para-hydroxylation sites is 1. The van der Waals surface area contributed by atoms with E-state index in [-0.39, 0.29) is 17.3 Å². The highest BCUT2D eigenvalue weighted by molar-refractivity contribution is 8.01. The predicted octanol–water partition coefficient (Wildman–Crippen LogP) is 2.38. The van der Waals surface area contributed by atoms with Crippen molar-refractivity contribution in [3.8, 4) is 0 Å². The number of ketones is 2. The van der Waals surface area contributed by atoms with Gasteiger partial charge >= 0.3 is 0 Å². The minimum atomic E-state index is -0.778. The fourth-order valence-electron chi connectivity index (χ4n) is 1.84. The summed E-state index contributed by atoms with van der Waals surface area (Å²) in [6, 6.07) is 6.16. The monoisotopic (exact) mass is 265 g/mol. The Morgan fingerprint density at radius 1 is 1.17 bits per heavy atom. The van der Waals surface area contributed by atoms with Crippen molar-refractivity contribution >= 4 is 29.0 Å². The third kappa shape index (κ3) is 2.59. The van der Waals surface area contributed by atoms with Gasteiger partial charge in [0.1, 0.15) is 5.25 Å². The average molecular weight is 265 g/mol. The van der Waals surface area contributed by atoms with E-state index in [0.717, 1.165) is 11.8 Å². The molecule has 6 heteroatoms. The van der Waals surface area contributed by atoms with Crippen LogP contribution in [0.1, 0.15) is 19.3 Å². The molecule has 0 saturated heterocycles. The van der Waals surface area contributed by atoms with Crippen LogP contribution in [-0.2, 0) is 9.59 Å². The van der Waals surface area contributed by atoms with E-state index < -0.39 is 10.2 Å². The van der Waals surface area contributed by atoms with Crippen molar-refractivity contribution in [3.63, 3.8) is 0 Å². The first-order valence-electron chi connectivity index (χ1n) is 5.55. The van der Waals surface area contributed by atoms with E-state index in [0.29, 0.717) is 24.2 Å². The van der Waals surface area contributed by atoms with Gasteiger partial charge in [0, 0.05) is 18.9 Å². The standard InChI is InChI=1S/C12H11NO4S/c14-9-5-3-6-10(15)12(9)18-11-7-2-1-4-8(11)13(16)17/h1-2,4,7,12H,3,5-6H2. The molecule has 18 heavy (non-hydrogen) atoms. The number of nitrogens with zero attached hydrogens (tertiary/aromatic N) is 1. The molecule has 1 fully saturated rings. The summed E-state index contributed by atoms with van der Waals surface area (Å²) in [5.74, 6) is -0.260. The van der Waals surface area contributed by atoms with Gasteiger partial charge in [-0.05, 0) is 12.5 Å². The topological polar surface area (TPSA) is 77.3 Å². The smallest absolute Gasteiger partial charge is 0.282 e. The molecule has 0 bridgehead atoms. The first-order valence-corrected chi connectivity index (χ1v) is 6.43. The van der Waals surface area contributed by atoms with Gasteiger partial charge in [0.05, 0.1) is 9.82 Å². The number of benzene rings is 1. The van der Waals surface area contributed by atoms with Crippen LogP contribution in [0, 0.1) is 10.1 Å². The summed E-state index contributed by atoms with van der Waals surface area (Å²) in [4.78, 5) is 34.1. The quantitative estimate of drug-likeness (QED) is 0.476. The molecular formula is C12H11NO4S. The minimum Gasteiger partial charge on any atom is -0.298 e. The molecule has 1 saturated carbocycles. The number of hydrogen-bond donors (Lipinski definition) is 0. The Bertz CT molecular complexity index is 499. The molecule has 1 aromatic rings. The van der Waals surface area contributed by atoms with Crippen LogP contribution in [0.5, 0.6) is 0 Å². The molecule has 1 aromatic carbocycles. The molecule has 94 valence electrons. The number of carbonyl (C=O) groups excluding carboxylic acids is 2. The minimum absolute atomic E-state index is 0.0614. The van der Waals surface area contributed by atoms with Gasteiger partial charge in [-0.3, -0.25) is 19.7 Å². The summed E-state index contributed by atoms with van der Waals surface area (Å²) in [5.41, 5.74) is -0.0614. The third-order valence-corrected chi connectivity index (χ3v) is 4.10. The second-order valence-corrected chi connectivity index (χ2v) is 5.16. The lowest BCUT2D eigenvalue weighted by Crippen LogP contribution is -2.31. The van der Waals surface area contributed by atoms with Crippen LogP contribution in [0.3, 0.4) is 0 Å². The van der Waals surface area contributed by atoms with Gasteiger partial charge in [-0.15, -0.1) is 0 Å². The lowest BCUT2D eigenvalue weighted by molar-refractivity contribution is -0.387. The number of carbonyl (C=O) groups is 2. The summed E-state index contributed by atoms with van der Waals surface area (Å²) in [6.45, 7) is 0. The van der Waals surface area contributed by atoms with Gasteiger partial charge in [0.2, 0.25) is 0 Å². The molecular weight excluding hydrogens is 254 g/mol. The Balaban J connectivity index is 2.25. The Labute approximate surface area is 108 Å². The van der Waals surface area contributed by atoms with Gasteiger partial charge in [-0.2, -0.15) is 0 Å². The summed E-state index contributed by atoms with van der Waals surface area (Å²) in [7, 11) is 0. The fraction of sp³-hybridized carbons (Fsp3) is 0.333. The van der Waals surface area contributed by atoms with Crippen molar-refractivity contribution in [3.05, 3.63) is 34.4 Å². The molecule has 0 unspecified atom stereocenters. The maximum absolute atomic E-state index is 11.7. The highest BCUT2D eigenvalue weighted by Crippen LogP contribution is 2.35. The maximum atomic E-state index is 11.7. The molecule has 0 spiro atoms. The Morgan fingerprint density at radius 3 is 2.39 bits per heavy atom. The number of nitro groups is 1. The number of hydrogen-bond acceptors (Lipinski definition) is 5. The van der Waals surface area contributed by atoms with Crippen LogP contribution in [0.2, 0.25) is 0 Å². The second kappa shape index (κ2) is 5.30. The molecule has 5 nitrogen and oxygen atoms in total. The van der Waals surface area contributed by atoms with Gasteiger partial charge in [-0.25, -0.2) is 0 Å². The summed E-state index contributed by atoms with van der Waals surface area (Å²) >= 11 is 0.995. The van der Waals surface area contributed by atoms with Crippen molar-refractivity contribution in [1.82, 2.24) is 0 Å². The van der Waals surface area contributed by atoms with Crippen LogP contribution >= 0.6 is 11.8 Å². The van der Waals surface area contributed by atoms with E-state index in [9.17, 15) is 19.7 Å². The first-order chi connectivity index (χ1) is 8.59. The van der Waals surface area contributed by atoms with Crippen molar-refractivity contribution < 1.29 is 14.5 Å². The number of Topliss-reactive ketones (excluding diaryl/α,β-unsaturated/α-hetero) is 2. The molecule has 1 aliphatic carbocycles. The van der Waals surface area contributed by atoms with Crippen molar-refractivity contribution in [2.24, 2.45) is 0 Å². The van der Waals surface area contributed by atoms with Gasteiger partial charge in [0.15, 0.2) is 11.6 Å². The Morgan fingerprint density at radius 2 is 1.78 bits per heavy atom. The number of nitro benzene ring substituents is 1. The molecule has 2 rings (SSSR count). The predicted molar refractivity (Wildman–Crippen MR) is 66.6 cm³/mol. The van der Waals surface area contributed by atoms with E-state index >= 15 is 0 Å². The normalized spacial score (nSPS) is 16.9. The van der Waals surface area contributed by atoms with Crippen LogP contribution in [-0.4, -0.2) is 21.7 Å². The first kappa shape index (κ1) is 12.8. The van der Waals surface area contributed by atoms with Gasteiger partial charge < -0.3 is 0 Å². The van der Waals surface area contributed by atoms with Crippen LogP contribution < -0.4 is 0 Å². The molecule has 0 aliphatic heterocycles. The molecule has 0 atom stereocenters. The Hall–Kier alpha value is -1.69. The summed E-state index contributed by atoms with van der Waals surface area (Å²) in [5, 5.41) is 10.1. The summed E-state index contributed by atoms with van der Waals surface area (Å²) < 4.78 is 0. The highest BCUT2D eigenvalue weighted by Gasteiger charge is 2.32. The van der Waals surface area contributed by atoms with Crippen LogP contribution in [0.15, 0.2) is 29.2 Å². The lowest BCUT2D eigenvalue weighted by Gasteiger charge is -2.18. The maximum Gasteiger partial charge on any atom is 0.282 e. The third-order valence-electron chi connectivity index (χ3n) is 2.74. The average Bonchev–Trinajstić information content (AvgIpc) is 2.34. The van der Waals surface area contributed by atoms with Crippen molar-refractivity contribution in [2.75, 3.05) is 0 Å². The number of rotatable bonds is 3. The molecule has 0 N–H and O–H groups in total. The van der Waals surface area contributed by atoms with Crippen molar-refractivity contribution in [1.29, 1.82) is 0 Å². The van der Waals surface area contributed by atoms with E-state index in [1.807, 2.05) is 0 Å². The van der Waals surface area contributed by atoms with E-state index in [1.54, 1.807) is 18.2 Å². The molecule has 0 heterocycles. The second-order valence-electron chi connectivity index (χ2n) is 4.01. The van der Waals surface area contributed by atoms with Gasteiger partial charge in [-0.1, -0.05) is 23.9 Å². The van der Waals surface area contributed by atoms with Crippen LogP contribution in [0.4, 0.5) is 5.69 Å². The highest BCUT2D eigenvalue weighted by atomic mass is 32.2. The molecule has 0 amide bonds. The van der Waals surface area contributed by atoms with Gasteiger partial charge in [0.25, 0.3) is 5.69 Å². The SMILES string of the molecule is O=C1CCCC(=O)C1Sc1ccccc1[N+](=O)[O-]. The van der Waals surface area contributed by atoms with Crippen molar-refractivity contribution in [2.45, 2.75) is 29.4 Å². The summed E-state index contributed by atoms with van der Waals surface area (Å²) in [6.07, 6.45) is 1.35. The zero-order valence-electron chi connectivity index (χ0n) is 9.50. The molecule has 1 aliphatic rings. The molecule has 0 aromatic heterocycles. The zero-order chi connectivity index (χ0) is 13.1. The lowest BCUT2D eigenvalue weighted by atomic mass is 9.98. The van der Waals surface area contributed by atoms with Crippen LogP contribution in [0.25, 0.3) is 0 Å². The van der Waals surface area contributed by atoms with E-state index in [1.165, 1.54) is 6.07 Å². The molecule has 0 radical (unpaired) electrons. The number of thioether (sulfide) groups is 1. The zero-order valence-corrected chi connectivity index (χ0v) is 10.3. The van der Waals surface area contributed by atoms with E-state index in [4.69, 9.17) is 0 Å². The largest absolute Gasteiger partial charge is 0.298 e. The van der Waals surface area contributed by atoms with E-state index in [2.05, 4.69) is 0 Å². The Kier molecular flexibility index (Phi) is 3.76.